The lowest BCUT2D eigenvalue weighted by Crippen LogP contribution is -2.38. The second-order valence-electron chi connectivity index (χ2n) is 7.72. The highest BCUT2D eigenvalue weighted by Gasteiger charge is 2.46. The van der Waals surface area contributed by atoms with Gasteiger partial charge in [0.2, 0.25) is 0 Å². The molecule has 1 fully saturated rings. The standard InChI is InChI=1S/C24H26FN3O6/c1-4-26(5-2)12-13-27-21(15-6-9-17(10-7-15)28(32)33)20(23(30)24(27)31)22(29)16-8-11-19(34-3)18(25)14-16/h6-11,14,21,29H,4-5,12-13H2,1-3H3/b22-20+. The van der Waals surface area contributed by atoms with E-state index in [9.17, 15) is 29.2 Å². The van der Waals surface area contributed by atoms with Crippen LogP contribution in [0.4, 0.5) is 10.1 Å². The number of likely N-dealkylation sites (N-methyl/N-ethyl adjacent to an activating group) is 1. The Morgan fingerprint density at radius 2 is 1.82 bits per heavy atom. The molecule has 34 heavy (non-hydrogen) atoms. The number of non-ortho nitro benzene ring substituents is 1. The normalized spacial score (nSPS) is 17.4. The molecule has 0 radical (unpaired) electrons. The molecule has 180 valence electrons. The Morgan fingerprint density at radius 3 is 2.35 bits per heavy atom. The molecule has 2 aromatic rings. The molecule has 1 N–H and O–H groups in total. The number of nitrogens with zero attached hydrogens (tertiary/aromatic N) is 3. The van der Waals surface area contributed by atoms with Crippen molar-refractivity contribution in [3.8, 4) is 5.75 Å². The fraction of sp³-hybridized carbons (Fsp3) is 0.333. The number of amides is 1. The number of Topliss-reactive ketones (excluding diaryl/α,β-unsaturated/α-hetero) is 1. The van der Waals surface area contributed by atoms with Gasteiger partial charge >= 0.3 is 0 Å². The summed E-state index contributed by atoms with van der Waals surface area (Å²) in [5, 5.41) is 22.1. The van der Waals surface area contributed by atoms with E-state index in [0.717, 1.165) is 19.2 Å². The SMILES string of the molecule is CCN(CC)CCN1C(=O)C(=O)/C(=C(/O)c2ccc(OC)c(F)c2)C1c1ccc([N+](=O)[O-])cc1. The van der Waals surface area contributed by atoms with Crippen molar-refractivity contribution in [2.45, 2.75) is 19.9 Å². The molecule has 1 aliphatic rings. The summed E-state index contributed by atoms with van der Waals surface area (Å²) in [4.78, 5) is 39.9. The minimum Gasteiger partial charge on any atom is -0.507 e. The van der Waals surface area contributed by atoms with Crippen LogP contribution in [-0.4, -0.2) is 64.8 Å². The summed E-state index contributed by atoms with van der Waals surface area (Å²) in [6.45, 7) is 6.12. The first-order chi connectivity index (χ1) is 16.2. The Hall–Kier alpha value is -3.79. The number of hydrogen-bond acceptors (Lipinski definition) is 7. The van der Waals surface area contributed by atoms with Crippen LogP contribution in [0.5, 0.6) is 5.75 Å². The van der Waals surface area contributed by atoms with E-state index in [4.69, 9.17) is 4.74 Å². The number of benzene rings is 2. The summed E-state index contributed by atoms with van der Waals surface area (Å²) in [6, 6.07) is 8.16. The average Bonchev–Trinajstić information content (AvgIpc) is 3.09. The first-order valence-electron chi connectivity index (χ1n) is 10.8. The minimum absolute atomic E-state index is 0.00644. The topological polar surface area (TPSA) is 113 Å². The van der Waals surface area contributed by atoms with E-state index in [2.05, 4.69) is 4.90 Å². The number of ether oxygens (including phenoxy) is 1. The zero-order valence-electron chi connectivity index (χ0n) is 19.2. The lowest BCUT2D eigenvalue weighted by molar-refractivity contribution is -0.384. The molecule has 0 spiro atoms. The fourth-order valence-electron chi connectivity index (χ4n) is 3.99. The molecule has 1 aliphatic heterocycles. The van der Waals surface area contributed by atoms with Gasteiger partial charge in [-0.3, -0.25) is 19.7 Å². The maximum Gasteiger partial charge on any atom is 0.295 e. The number of aliphatic hydroxyl groups excluding tert-OH is 1. The zero-order chi connectivity index (χ0) is 25.0. The number of halogens is 1. The van der Waals surface area contributed by atoms with Crippen molar-refractivity contribution in [1.82, 2.24) is 9.80 Å². The van der Waals surface area contributed by atoms with Crippen LogP contribution >= 0.6 is 0 Å². The highest BCUT2D eigenvalue weighted by Crippen LogP contribution is 2.40. The van der Waals surface area contributed by atoms with Gasteiger partial charge in [0.05, 0.1) is 23.6 Å². The van der Waals surface area contributed by atoms with Gasteiger partial charge < -0.3 is 19.6 Å². The van der Waals surface area contributed by atoms with Gasteiger partial charge in [0.1, 0.15) is 5.76 Å². The molecule has 1 heterocycles. The van der Waals surface area contributed by atoms with Crippen molar-refractivity contribution in [3.05, 3.63) is 75.1 Å². The average molecular weight is 471 g/mol. The Bertz CT molecular complexity index is 1130. The maximum absolute atomic E-state index is 14.3. The molecule has 2 aromatic carbocycles. The predicted octanol–water partition coefficient (Wildman–Crippen LogP) is 3.51. The highest BCUT2D eigenvalue weighted by molar-refractivity contribution is 6.46. The number of rotatable bonds is 9. The number of nitro groups is 1. The number of carbonyl (C=O) groups excluding carboxylic acids is 2. The van der Waals surface area contributed by atoms with E-state index in [1.165, 1.54) is 48.4 Å². The van der Waals surface area contributed by atoms with Crippen LogP contribution in [-0.2, 0) is 9.59 Å². The largest absolute Gasteiger partial charge is 0.507 e. The van der Waals surface area contributed by atoms with Gasteiger partial charge in [-0.2, -0.15) is 0 Å². The third kappa shape index (κ3) is 4.76. The van der Waals surface area contributed by atoms with E-state index in [1.54, 1.807) is 0 Å². The molecule has 0 bridgehead atoms. The molecule has 1 atom stereocenters. The molecule has 1 saturated heterocycles. The smallest absolute Gasteiger partial charge is 0.295 e. The van der Waals surface area contributed by atoms with Crippen LogP contribution in [0.3, 0.4) is 0 Å². The van der Waals surface area contributed by atoms with E-state index >= 15 is 0 Å². The van der Waals surface area contributed by atoms with Crippen molar-refractivity contribution in [2.24, 2.45) is 0 Å². The Kier molecular flexibility index (Phi) is 7.62. The van der Waals surface area contributed by atoms with Crippen molar-refractivity contribution in [3.63, 3.8) is 0 Å². The summed E-state index contributed by atoms with van der Waals surface area (Å²) in [7, 11) is 1.30. The van der Waals surface area contributed by atoms with Gasteiger partial charge in [-0.25, -0.2) is 4.39 Å². The first-order valence-corrected chi connectivity index (χ1v) is 10.8. The van der Waals surface area contributed by atoms with Crippen molar-refractivity contribution in [1.29, 1.82) is 0 Å². The zero-order valence-corrected chi connectivity index (χ0v) is 19.2. The number of nitro benzene ring substituents is 1. The van der Waals surface area contributed by atoms with E-state index in [0.29, 0.717) is 12.1 Å². The first kappa shape index (κ1) is 24.8. The molecule has 0 saturated carbocycles. The number of methoxy groups -OCH3 is 1. The number of hydrogen-bond donors (Lipinski definition) is 1. The second-order valence-corrected chi connectivity index (χ2v) is 7.72. The molecule has 10 heteroatoms. The highest BCUT2D eigenvalue weighted by atomic mass is 19.1. The summed E-state index contributed by atoms with van der Waals surface area (Å²) >= 11 is 0. The predicted molar refractivity (Wildman–Crippen MR) is 123 cm³/mol. The number of carbonyl (C=O) groups is 2. The molecule has 1 unspecified atom stereocenters. The quantitative estimate of drug-likeness (QED) is 0.196. The molecule has 0 aliphatic carbocycles. The molecule has 1 amide bonds. The van der Waals surface area contributed by atoms with E-state index < -0.39 is 34.2 Å². The Balaban J connectivity index is 2.12. The lowest BCUT2D eigenvalue weighted by Gasteiger charge is -2.28. The van der Waals surface area contributed by atoms with Crippen LogP contribution in [0.1, 0.15) is 31.0 Å². The summed E-state index contributed by atoms with van der Waals surface area (Å²) in [5.74, 6) is -3.02. The maximum atomic E-state index is 14.3. The lowest BCUT2D eigenvalue weighted by atomic mass is 9.95. The van der Waals surface area contributed by atoms with E-state index in [-0.39, 0.29) is 29.1 Å². The van der Waals surface area contributed by atoms with E-state index in [1.807, 2.05) is 13.8 Å². The van der Waals surface area contributed by atoms with Gasteiger partial charge in [0, 0.05) is 30.8 Å². The summed E-state index contributed by atoms with van der Waals surface area (Å²) < 4.78 is 19.2. The van der Waals surface area contributed by atoms with Crippen LogP contribution in [0.2, 0.25) is 0 Å². The summed E-state index contributed by atoms with van der Waals surface area (Å²) in [5.41, 5.74) is 0.0656. The third-order valence-corrected chi connectivity index (χ3v) is 5.94. The minimum atomic E-state index is -0.985. The monoisotopic (exact) mass is 471 g/mol. The second kappa shape index (κ2) is 10.4. The van der Waals surface area contributed by atoms with Gasteiger partial charge in [-0.05, 0) is 49.0 Å². The molecule has 3 rings (SSSR count). The van der Waals surface area contributed by atoms with Crippen LogP contribution in [0.15, 0.2) is 48.0 Å². The van der Waals surface area contributed by atoms with Gasteiger partial charge in [0.15, 0.2) is 11.6 Å². The van der Waals surface area contributed by atoms with Crippen LogP contribution in [0.25, 0.3) is 5.76 Å². The summed E-state index contributed by atoms with van der Waals surface area (Å²) in [6.07, 6.45) is 0. The van der Waals surface area contributed by atoms with Crippen LogP contribution in [0, 0.1) is 15.9 Å². The van der Waals surface area contributed by atoms with Crippen LogP contribution < -0.4 is 4.74 Å². The van der Waals surface area contributed by atoms with Gasteiger partial charge in [-0.1, -0.05) is 13.8 Å². The van der Waals surface area contributed by atoms with Crippen molar-refractivity contribution in [2.75, 3.05) is 33.3 Å². The Labute approximate surface area is 196 Å². The third-order valence-electron chi connectivity index (χ3n) is 5.94. The molecular weight excluding hydrogens is 445 g/mol. The fourth-order valence-corrected chi connectivity index (χ4v) is 3.99. The number of aliphatic hydroxyl groups is 1. The number of likely N-dealkylation sites (tertiary alicyclic amines) is 1. The van der Waals surface area contributed by atoms with Crippen molar-refractivity contribution < 1.29 is 28.7 Å². The van der Waals surface area contributed by atoms with Gasteiger partial charge in [0.25, 0.3) is 17.4 Å². The van der Waals surface area contributed by atoms with Gasteiger partial charge in [-0.15, -0.1) is 0 Å². The molecule has 9 nitrogen and oxygen atoms in total. The molecule has 0 aromatic heterocycles. The number of ketones is 1. The molecular formula is C24H26FN3O6. The van der Waals surface area contributed by atoms with Crippen molar-refractivity contribution >= 4 is 23.1 Å². The Morgan fingerprint density at radius 1 is 1.18 bits per heavy atom.